The molecule has 21 heavy (non-hydrogen) atoms. The van der Waals surface area contributed by atoms with E-state index in [2.05, 4.69) is 0 Å². The topological polar surface area (TPSA) is 72.9 Å². The van der Waals surface area contributed by atoms with E-state index in [-0.39, 0.29) is 26.2 Å². The van der Waals surface area contributed by atoms with E-state index in [9.17, 15) is 14.4 Å². The van der Waals surface area contributed by atoms with E-state index in [1.165, 1.54) is 0 Å². The molecule has 1 heterocycles. The van der Waals surface area contributed by atoms with Gasteiger partial charge in [0.05, 0.1) is 0 Å². The molecule has 112 valence electrons. The monoisotopic (exact) mass is 311 g/mol. The lowest BCUT2D eigenvalue weighted by molar-refractivity contribution is -0.139. The number of esters is 1. The maximum Gasteiger partial charge on any atom is 0.413 e. The smallest absolute Gasteiger partial charge is 0.413 e. The number of ether oxygens (including phenoxy) is 2. The van der Waals surface area contributed by atoms with Crippen LogP contribution in [-0.4, -0.2) is 35.0 Å². The largest absolute Gasteiger partial charge is 0.444 e. The first kappa shape index (κ1) is 15.3. The quantitative estimate of drug-likeness (QED) is 0.614. The van der Waals surface area contributed by atoms with Crippen molar-refractivity contribution in [3.8, 4) is 0 Å². The molecule has 2 rings (SSSR count). The first-order valence-electron chi connectivity index (χ1n) is 6.40. The number of carbonyl (C=O) groups excluding carboxylic acids is 3. The van der Waals surface area contributed by atoms with Crippen molar-refractivity contribution >= 4 is 28.9 Å². The summed E-state index contributed by atoms with van der Waals surface area (Å²) in [7, 11) is 0. The Hall–Kier alpha value is -2.08. The molecule has 0 aliphatic carbocycles. The highest BCUT2D eigenvalue weighted by atomic mass is 35.5. The van der Waals surface area contributed by atoms with Crippen LogP contribution in [0.1, 0.15) is 18.4 Å². The van der Waals surface area contributed by atoms with E-state index < -0.39 is 23.3 Å². The Balaban J connectivity index is 1.91. The van der Waals surface area contributed by atoms with Gasteiger partial charge in [-0.05, 0) is 23.6 Å². The minimum atomic E-state index is -0.823. The van der Waals surface area contributed by atoms with Crippen LogP contribution in [0.5, 0.6) is 0 Å². The number of benzene rings is 1. The first-order valence-corrected chi connectivity index (χ1v) is 6.78. The van der Waals surface area contributed by atoms with Gasteiger partial charge in [-0.25, -0.2) is 9.59 Å². The fourth-order valence-electron chi connectivity index (χ4n) is 1.95. The number of hydrogen-bond acceptors (Lipinski definition) is 5. The highest BCUT2D eigenvalue weighted by Gasteiger charge is 2.38. The highest BCUT2D eigenvalue weighted by molar-refractivity contribution is 6.63. The standard InChI is InChI=1S/C14H14ClNO5/c15-12(17)7-6-11-13(18)21-9-16(11)14(19)20-8-10-4-2-1-3-5-10/h1-5,11H,6-9H2. The number of nitrogens with zero attached hydrogens (tertiary/aromatic N) is 1. The van der Waals surface area contributed by atoms with Gasteiger partial charge in [-0.2, -0.15) is 0 Å². The Bertz CT molecular complexity index is 533. The van der Waals surface area contributed by atoms with E-state index in [0.29, 0.717) is 0 Å². The molecular weight excluding hydrogens is 298 g/mol. The molecule has 0 bridgehead atoms. The molecule has 0 radical (unpaired) electrons. The number of hydrogen-bond donors (Lipinski definition) is 0. The zero-order valence-electron chi connectivity index (χ0n) is 11.2. The molecule has 0 aromatic heterocycles. The number of cyclic esters (lactones) is 1. The van der Waals surface area contributed by atoms with Gasteiger partial charge in [-0.3, -0.25) is 9.69 Å². The summed E-state index contributed by atoms with van der Waals surface area (Å²) in [5.41, 5.74) is 0.838. The van der Waals surface area contributed by atoms with Gasteiger partial charge < -0.3 is 9.47 Å². The summed E-state index contributed by atoms with van der Waals surface area (Å²) in [5.74, 6) is -0.551. The lowest BCUT2D eigenvalue weighted by Crippen LogP contribution is -2.38. The van der Waals surface area contributed by atoms with Gasteiger partial charge >= 0.3 is 12.1 Å². The average Bonchev–Trinajstić information content (AvgIpc) is 2.85. The third kappa shape index (κ3) is 4.19. The van der Waals surface area contributed by atoms with E-state index >= 15 is 0 Å². The summed E-state index contributed by atoms with van der Waals surface area (Å²) in [4.78, 5) is 35.5. The van der Waals surface area contributed by atoms with Gasteiger partial charge in [0.15, 0.2) is 6.73 Å². The van der Waals surface area contributed by atoms with Gasteiger partial charge in [0.1, 0.15) is 12.6 Å². The van der Waals surface area contributed by atoms with E-state index in [1.807, 2.05) is 30.3 Å². The molecule has 6 nitrogen and oxygen atoms in total. The summed E-state index contributed by atoms with van der Waals surface area (Å²) in [6.07, 6.45) is -0.539. The summed E-state index contributed by atoms with van der Waals surface area (Å²) in [6.45, 7) is -0.0703. The second-order valence-corrected chi connectivity index (χ2v) is 4.93. The highest BCUT2D eigenvalue weighted by Crippen LogP contribution is 2.18. The van der Waals surface area contributed by atoms with Crippen LogP contribution in [-0.2, 0) is 25.7 Å². The number of amides is 1. The number of carbonyl (C=O) groups is 3. The fourth-order valence-corrected chi connectivity index (χ4v) is 2.06. The third-order valence-electron chi connectivity index (χ3n) is 3.05. The lowest BCUT2D eigenvalue weighted by Gasteiger charge is -2.19. The molecule has 1 atom stereocenters. The van der Waals surface area contributed by atoms with Crippen molar-refractivity contribution < 1.29 is 23.9 Å². The Kier molecular flexibility index (Phi) is 5.16. The zero-order chi connectivity index (χ0) is 15.2. The minimum Gasteiger partial charge on any atom is -0.444 e. The summed E-state index contributed by atoms with van der Waals surface area (Å²) in [5, 5.41) is -0.563. The van der Waals surface area contributed by atoms with E-state index in [4.69, 9.17) is 21.1 Å². The third-order valence-corrected chi connectivity index (χ3v) is 3.24. The molecule has 1 aliphatic rings. The van der Waals surface area contributed by atoms with Crippen LogP contribution in [0, 0.1) is 0 Å². The van der Waals surface area contributed by atoms with Gasteiger partial charge in [-0.15, -0.1) is 0 Å². The van der Waals surface area contributed by atoms with Crippen LogP contribution in [0.3, 0.4) is 0 Å². The van der Waals surface area contributed by atoms with E-state index in [0.717, 1.165) is 10.5 Å². The van der Waals surface area contributed by atoms with Crippen molar-refractivity contribution in [1.82, 2.24) is 4.90 Å². The summed E-state index contributed by atoms with van der Waals surface area (Å²) in [6, 6.07) is 8.35. The average molecular weight is 312 g/mol. The molecule has 1 unspecified atom stereocenters. The van der Waals surface area contributed by atoms with Crippen molar-refractivity contribution in [2.75, 3.05) is 6.73 Å². The molecule has 1 aliphatic heterocycles. The second kappa shape index (κ2) is 7.08. The summed E-state index contributed by atoms with van der Waals surface area (Å²) < 4.78 is 9.95. The second-order valence-electron chi connectivity index (χ2n) is 4.51. The molecule has 7 heteroatoms. The SMILES string of the molecule is O=C(Cl)CCC1C(=O)OCN1C(=O)OCc1ccccc1. The molecule has 1 saturated heterocycles. The Labute approximate surface area is 126 Å². The number of rotatable bonds is 5. The van der Waals surface area contributed by atoms with Crippen LogP contribution in [0.25, 0.3) is 0 Å². The van der Waals surface area contributed by atoms with E-state index in [1.54, 1.807) is 0 Å². The number of halogens is 1. The normalized spacial score (nSPS) is 17.5. The molecule has 0 saturated carbocycles. The van der Waals surface area contributed by atoms with Crippen LogP contribution in [0.4, 0.5) is 4.79 Å². The predicted octanol–water partition coefficient (Wildman–Crippen LogP) is 2.05. The zero-order valence-corrected chi connectivity index (χ0v) is 11.9. The Morgan fingerprint density at radius 3 is 2.71 bits per heavy atom. The van der Waals surface area contributed by atoms with Gasteiger partial charge in [0.25, 0.3) is 0 Å². The first-order chi connectivity index (χ1) is 10.1. The van der Waals surface area contributed by atoms with Crippen molar-refractivity contribution in [2.45, 2.75) is 25.5 Å². The molecule has 1 aromatic rings. The lowest BCUT2D eigenvalue weighted by atomic mass is 10.1. The predicted molar refractivity (Wildman–Crippen MR) is 73.3 cm³/mol. The Morgan fingerprint density at radius 1 is 1.33 bits per heavy atom. The minimum absolute atomic E-state index is 0.0101. The van der Waals surface area contributed by atoms with Crippen LogP contribution < -0.4 is 0 Å². The fraction of sp³-hybridized carbons (Fsp3) is 0.357. The van der Waals surface area contributed by atoms with Gasteiger partial charge in [0.2, 0.25) is 5.24 Å². The van der Waals surface area contributed by atoms with Crippen LogP contribution in [0.15, 0.2) is 30.3 Å². The maximum absolute atomic E-state index is 12.0. The molecule has 1 fully saturated rings. The van der Waals surface area contributed by atoms with Crippen molar-refractivity contribution in [2.24, 2.45) is 0 Å². The Morgan fingerprint density at radius 2 is 2.05 bits per heavy atom. The van der Waals surface area contributed by atoms with Crippen LogP contribution in [0.2, 0.25) is 0 Å². The molecule has 1 aromatic carbocycles. The molecule has 1 amide bonds. The van der Waals surface area contributed by atoms with Crippen molar-refractivity contribution in [3.63, 3.8) is 0 Å². The van der Waals surface area contributed by atoms with Gasteiger partial charge in [-0.1, -0.05) is 30.3 Å². The molecule has 0 N–H and O–H groups in total. The molecular formula is C14H14ClNO5. The molecule has 0 spiro atoms. The van der Waals surface area contributed by atoms with Gasteiger partial charge in [0, 0.05) is 6.42 Å². The summed E-state index contributed by atoms with van der Waals surface area (Å²) >= 11 is 5.25. The van der Waals surface area contributed by atoms with Crippen LogP contribution >= 0.6 is 11.6 Å². The van der Waals surface area contributed by atoms with Crippen molar-refractivity contribution in [3.05, 3.63) is 35.9 Å². The maximum atomic E-state index is 12.0. The van der Waals surface area contributed by atoms with Crippen molar-refractivity contribution in [1.29, 1.82) is 0 Å².